The van der Waals surface area contributed by atoms with Crippen molar-refractivity contribution in [2.24, 2.45) is 7.05 Å². The lowest BCUT2D eigenvalue weighted by atomic mass is 9.98. The monoisotopic (exact) mass is 878 g/mol. The summed E-state index contributed by atoms with van der Waals surface area (Å²) >= 11 is 2.49. The maximum atomic E-state index is 13.6. The second kappa shape index (κ2) is 16.1. The lowest BCUT2D eigenvalue weighted by Crippen LogP contribution is -2.71. The second-order valence-electron chi connectivity index (χ2n) is 14.2. The van der Waals surface area contributed by atoms with Gasteiger partial charge in [-0.05, 0) is 54.5 Å². The van der Waals surface area contributed by atoms with E-state index in [-0.39, 0.29) is 48.0 Å². The number of imide groups is 1. The summed E-state index contributed by atoms with van der Waals surface area (Å²) in [6.07, 6.45) is -0.0878. The number of tetrazole rings is 1. The fourth-order valence-corrected chi connectivity index (χ4v) is 11.6. The molecule has 0 saturated carbocycles. The van der Waals surface area contributed by atoms with Gasteiger partial charge in [-0.15, -0.1) is 16.9 Å². The highest BCUT2D eigenvalue weighted by Gasteiger charge is 2.68. The van der Waals surface area contributed by atoms with Gasteiger partial charge in [0.05, 0.1) is 11.2 Å². The van der Waals surface area contributed by atoms with Crippen LogP contribution in [0.2, 0.25) is 0 Å². The lowest BCUT2D eigenvalue weighted by molar-refractivity contribution is -0.157. The maximum absolute atomic E-state index is 13.6. The smallest absolute Gasteiger partial charge is 0.352 e. The number of urea groups is 1. The van der Waals surface area contributed by atoms with Crippen LogP contribution in [-0.4, -0.2) is 170 Å². The number of phenols is 1. The molecule has 6 heterocycles. The number of hydrogen-bond acceptors (Lipinski definition) is 16. The van der Waals surface area contributed by atoms with Gasteiger partial charge in [0.2, 0.25) is 17.0 Å². The number of amides is 7. The van der Waals surface area contributed by atoms with Crippen molar-refractivity contribution in [1.29, 1.82) is 0 Å². The molecule has 2 aromatic rings. The van der Waals surface area contributed by atoms with Crippen molar-refractivity contribution >= 4 is 80.9 Å². The van der Waals surface area contributed by atoms with E-state index in [0.29, 0.717) is 22.2 Å². The van der Waals surface area contributed by atoms with Gasteiger partial charge in [-0.2, -0.15) is 0 Å². The van der Waals surface area contributed by atoms with E-state index in [2.05, 4.69) is 26.2 Å². The van der Waals surface area contributed by atoms with Crippen LogP contribution in [0, 0.1) is 0 Å². The third kappa shape index (κ3) is 7.54. The number of aromatic hydroxyl groups is 1. The molecule has 1 aromatic carbocycles. The van der Waals surface area contributed by atoms with Gasteiger partial charge >= 0.3 is 29.8 Å². The summed E-state index contributed by atoms with van der Waals surface area (Å²) in [7, 11) is -1.93. The zero-order valence-electron chi connectivity index (χ0n) is 31.7. The number of benzene rings is 1. The molecule has 23 nitrogen and oxygen atoms in total. The largest absolute Gasteiger partial charge is 0.508 e. The van der Waals surface area contributed by atoms with E-state index in [1.165, 1.54) is 71.2 Å². The Bertz CT molecular complexity index is 2280. The highest BCUT2D eigenvalue weighted by molar-refractivity contribution is 8.01. The second-order valence-corrected chi connectivity index (χ2v) is 18.9. The molecule has 0 unspecified atom stereocenters. The van der Waals surface area contributed by atoms with E-state index in [1.54, 1.807) is 14.0 Å². The highest BCUT2D eigenvalue weighted by atomic mass is 32.2. The first-order valence-electron chi connectivity index (χ1n) is 17.8. The molecule has 1 aromatic heterocycles. The van der Waals surface area contributed by atoms with Crippen molar-refractivity contribution in [3.63, 3.8) is 0 Å². The van der Waals surface area contributed by atoms with Crippen LogP contribution >= 0.6 is 23.5 Å². The fourth-order valence-electron chi connectivity index (χ4n) is 7.09. The van der Waals surface area contributed by atoms with E-state index in [1.807, 2.05) is 0 Å². The Morgan fingerprint density at radius 1 is 1.05 bits per heavy atom. The molecule has 7 amide bonds. The van der Waals surface area contributed by atoms with Gasteiger partial charge in [0, 0.05) is 38.2 Å². The molecule has 5 N–H and O–H groups in total. The molecular weight excluding hydrogens is 841 g/mol. The number of sulfone groups is 1. The Kier molecular flexibility index (Phi) is 11.7. The van der Waals surface area contributed by atoms with E-state index in [9.17, 15) is 57.0 Å². The van der Waals surface area contributed by atoms with Gasteiger partial charge in [-0.3, -0.25) is 33.8 Å². The number of aromatic nitrogens is 4. The SMILES string of the molecule is CC1(C)[C@H](C(=O)O)N2C(=O)C[C@H]2S1(=O)=O.CCN1CCN(C(=O)N[C@@H](C(=O)N[C@@H]2C(=O)N3C(C(=O)O)=C(CSc4nnnn4C)CS[C@H]23)c2ccc(O)cc2)C(=O)C1=O. The topological polar surface area (TPSA) is 312 Å². The minimum absolute atomic E-state index is 0.0823. The number of phenolic OH excluding ortho intramolecular Hbond substituents is 1. The van der Waals surface area contributed by atoms with Crippen LogP contribution in [0.25, 0.3) is 0 Å². The average molecular weight is 879 g/mol. The molecule has 316 valence electrons. The Balaban J connectivity index is 0.000000326. The van der Waals surface area contributed by atoms with Crippen LogP contribution in [0.4, 0.5) is 4.79 Å². The number of carbonyl (C=O) groups excluding carboxylic acids is 6. The first-order valence-corrected chi connectivity index (χ1v) is 21.3. The van der Waals surface area contributed by atoms with Gasteiger partial charge in [0.15, 0.2) is 9.84 Å². The molecule has 5 atom stereocenters. The minimum Gasteiger partial charge on any atom is -0.508 e. The number of hydrogen-bond donors (Lipinski definition) is 5. The van der Waals surface area contributed by atoms with Crippen molar-refractivity contribution in [3.05, 3.63) is 41.1 Å². The van der Waals surface area contributed by atoms with Crippen LogP contribution in [0.3, 0.4) is 0 Å². The number of fused-ring (bicyclic) bond motifs is 2. The fraction of sp³-hybridized carbons (Fsp3) is 0.485. The number of nitrogens with one attached hydrogen (secondary N) is 2. The number of aryl methyl sites for hydroxylation is 1. The summed E-state index contributed by atoms with van der Waals surface area (Å²) in [4.78, 5) is 103. The maximum Gasteiger partial charge on any atom is 0.352 e. The molecule has 59 heavy (non-hydrogen) atoms. The predicted octanol–water partition coefficient (Wildman–Crippen LogP) is -1.91. The predicted molar refractivity (Wildman–Crippen MR) is 202 cm³/mol. The summed E-state index contributed by atoms with van der Waals surface area (Å²) in [6.45, 7) is 4.75. The number of piperazine rings is 1. The summed E-state index contributed by atoms with van der Waals surface area (Å²) in [5.41, 5.74) is 0.536. The van der Waals surface area contributed by atoms with Crippen LogP contribution in [0.1, 0.15) is 38.8 Å². The molecule has 0 bridgehead atoms. The molecule has 5 aliphatic heterocycles. The molecule has 7 rings (SSSR count). The summed E-state index contributed by atoms with van der Waals surface area (Å²) in [5.74, 6) is -5.93. The van der Waals surface area contributed by atoms with Gasteiger partial charge in [0.1, 0.15) is 40.3 Å². The van der Waals surface area contributed by atoms with Gasteiger partial charge in [-0.25, -0.2) is 27.5 Å². The number of aliphatic carboxylic acids is 2. The number of carbonyl (C=O) groups is 8. The number of nitrogens with zero attached hydrogens (tertiary/aromatic N) is 8. The van der Waals surface area contributed by atoms with Crippen molar-refractivity contribution in [2.45, 2.75) is 66.0 Å². The van der Waals surface area contributed by atoms with Crippen molar-refractivity contribution in [2.75, 3.05) is 31.1 Å². The van der Waals surface area contributed by atoms with Gasteiger partial charge in [0.25, 0.3) is 5.91 Å². The summed E-state index contributed by atoms with van der Waals surface area (Å²) in [6, 6.07) is 0.584. The molecule has 5 aliphatic rings. The molecule has 4 fully saturated rings. The van der Waals surface area contributed by atoms with E-state index in [4.69, 9.17) is 5.11 Å². The zero-order valence-corrected chi connectivity index (χ0v) is 34.1. The highest BCUT2D eigenvalue weighted by Crippen LogP contribution is 2.46. The van der Waals surface area contributed by atoms with Gasteiger partial charge < -0.3 is 35.8 Å². The Labute approximate surface area is 343 Å². The van der Waals surface area contributed by atoms with E-state index in [0.717, 1.165) is 9.80 Å². The van der Waals surface area contributed by atoms with Crippen LogP contribution in [0.5, 0.6) is 5.75 Å². The van der Waals surface area contributed by atoms with Crippen molar-refractivity contribution < 1.29 is 62.1 Å². The molecular formula is C33H38N10O13S3. The average Bonchev–Trinajstić information content (AvgIpc) is 3.65. The number of rotatable bonds is 10. The number of β-lactam (4-membered cyclic amide) rings is 2. The first-order chi connectivity index (χ1) is 27.7. The minimum atomic E-state index is -3.57. The van der Waals surface area contributed by atoms with Crippen LogP contribution in [0.15, 0.2) is 40.7 Å². The molecule has 26 heteroatoms. The van der Waals surface area contributed by atoms with E-state index < -0.39 is 91.0 Å². The van der Waals surface area contributed by atoms with Gasteiger partial charge in [-0.1, -0.05) is 23.9 Å². The Morgan fingerprint density at radius 2 is 1.73 bits per heavy atom. The molecule has 0 radical (unpaired) electrons. The van der Waals surface area contributed by atoms with E-state index >= 15 is 0 Å². The Hall–Kier alpha value is -5.76. The van der Waals surface area contributed by atoms with Crippen molar-refractivity contribution in [3.8, 4) is 5.75 Å². The summed E-state index contributed by atoms with van der Waals surface area (Å²) < 4.78 is 23.8. The third-order valence-corrected chi connectivity index (χ3v) is 15.6. The first kappa shape index (κ1) is 42.8. The zero-order chi connectivity index (χ0) is 43.3. The normalized spacial score (nSPS) is 24.5. The lowest BCUT2D eigenvalue weighted by Gasteiger charge is -2.49. The van der Waals surface area contributed by atoms with Crippen molar-refractivity contribution in [1.82, 2.24) is 50.4 Å². The molecule has 0 aliphatic carbocycles. The molecule has 0 spiro atoms. The number of carboxylic acid groups (broad SMARTS) is 2. The van der Waals surface area contributed by atoms with Crippen LogP contribution in [-0.2, 0) is 50.4 Å². The summed E-state index contributed by atoms with van der Waals surface area (Å²) in [5, 5.41) is 43.7. The number of thioether (sulfide) groups is 2. The Morgan fingerprint density at radius 3 is 2.29 bits per heavy atom. The molecule has 4 saturated heterocycles. The van der Waals surface area contributed by atoms with Crippen LogP contribution < -0.4 is 10.6 Å². The number of likely N-dealkylation sites (N-methyl/N-ethyl adjacent to an activating group) is 1. The number of carboxylic acids is 2. The standard InChI is InChI=1S/C25H27N9O8S2.C8H11NO5S/c1-3-32-8-9-33(21(39)20(32)38)24(42)27-15(12-4-6-14(35)7-5-12)18(36)26-16-19(37)34-17(23(40)41)13(10-43-22(16)34)11-44-25-28-29-30-31(25)2;1-8(2)6(7(11)12)9-4(10)3-5(9)15(8,13)14/h4-7,15-16,22,35H,3,8-11H2,1-2H3,(H,26,36)(H,27,42)(H,40,41);5-6H,3H2,1-2H3,(H,11,12)/t15-,16-,22-;5-,6+/m11/s1. The quantitative estimate of drug-likeness (QED) is 0.0988. The third-order valence-electron chi connectivity index (χ3n) is 10.4.